The maximum Gasteiger partial charge on any atom is 0.260 e. The first-order valence-electron chi connectivity index (χ1n) is 9.08. The van der Waals surface area contributed by atoms with Crippen LogP contribution in [0.25, 0.3) is 10.2 Å². The van der Waals surface area contributed by atoms with E-state index >= 15 is 0 Å². The molecule has 0 bridgehead atoms. The van der Waals surface area contributed by atoms with Crippen molar-refractivity contribution in [1.29, 1.82) is 0 Å². The summed E-state index contributed by atoms with van der Waals surface area (Å²) in [6.07, 6.45) is 0. The molecule has 0 aliphatic rings. The molecule has 0 aliphatic heterocycles. The van der Waals surface area contributed by atoms with Gasteiger partial charge in [-0.3, -0.25) is 9.69 Å². The molecule has 1 heterocycles. The fraction of sp³-hybridized carbons (Fsp3) is 0.333. The van der Waals surface area contributed by atoms with Crippen LogP contribution in [0, 0.1) is 6.92 Å². The van der Waals surface area contributed by atoms with E-state index in [4.69, 9.17) is 26.1 Å². The van der Waals surface area contributed by atoms with Gasteiger partial charge in [-0.25, -0.2) is 4.98 Å². The predicted octanol–water partition coefficient (Wildman–Crippen LogP) is 4.48. The third-order valence-corrected chi connectivity index (χ3v) is 5.73. The molecule has 0 N–H and O–H groups in total. The molecule has 8 heteroatoms. The van der Waals surface area contributed by atoms with Crippen molar-refractivity contribution < 1.29 is 14.3 Å². The summed E-state index contributed by atoms with van der Waals surface area (Å²) in [5, 5.41) is 1.30. The second-order valence-corrected chi connectivity index (χ2v) is 8.37. The molecule has 0 atom stereocenters. The molecular formula is C21H24ClN3O3S. The van der Waals surface area contributed by atoms with E-state index in [0.29, 0.717) is 40.3 Å². The number of methoxy groups -OCH3 is 2. The van der Waals surface area contributed by atoms with Gasteiger partial charge in [0.05, 0.1) is 24.4 Å². The smallest absolute Gasteiger partial charge is 0.260 e. The van der Waals surface area contributed by atoms with Gasteiger partial charge in [0.25, 0.3) is 5.91 Å². The molecule has 1 aromatic heterocycles. The summed E-state index contributed by atoms with van der Waals surface area (Å²) >= 11 is 7.66. The van der Waals surface area contributed by atoms with E-state index in [9.17, 15) is 4.79 Å². The Hall–Kier alpha value is -2.35. The lowest BCUT2D eigenvalue weighted by atomic mass is 10.1. The number of carbonyl (C=O) groups is 1. The number of fused-ring (bicyclic) bond motifs is 1. The average Bonchev–Trinajstić information content (AvgIpc) is 3.11. The van der Waals surface area contributed by atoms with Gasteiger partial charge in [0.2, 0.25) is 0 Å². The quantitative estimate of drug-likeness (QED) is 0.549. The highest BCUT2D eigenvalue weighted by molar-refractivity contribution is 7.22. The number of nitrogens with zero attached hydrogens (tertiary/aromatic N) is 3. The Balaban J connectivity index is 2.06. The Labute approximate surface area is 179 Å². The second-order valence-electron chi connectivity index (χ2n) is 6.93. The van der Waals surface area contributed by atoms with Gasteiger partial charge in [0, 0.05) is 29.7 Å². The van der Waals surface area contributed by atoms with E-state index in [1.165, 1.54) is 11.3 Å². The lowest BCUT2D eigenvalue weighted by Crippen LogP contribution is -2.36. The molecule has 0 aliphatic carbocycles. The second kappa shape index (κ2) is 8.98. The third-order valence-electron chi connectivity index (χ3n) is 4.48. The van der Waals surface area contributed by atoms with Gasteiger partial charge in [-0.2, -0.15) is 0 Å². The lowest BCUT2D eigenvalue weighted by Gasteiger charge is -2.22. The number of aryl methyl sites for hydroxylation is 1. The number of amides is 1. The van der Waals surface area contributed by atoms with Crippen molar-refractivity contribution in [2.24, 2.45) is 0 Å². The Morgan fingerprint density at radius 3 is 2.31 bits per heavy atom. The van der Waals surface area contributed by atoms with Crippen molar-refractivity contribution in [1.82, 2.24) is 9.88 Å². The number of rotatable bonds is 7. The molecule has 3 rings (SSSR count). The maximum absolute atomic E-state index is 13.5. The van der Waals surface area contributed by atoms with Crippen LogP contribution in [0.15, 0.2) is 30.3 Å². The summed E-state index contributed by atoms with van der Waals surface area (Å²) in [6.45, 7) is 3.16. The number of halogens is 1. The molecule has 2 aromatic carbocycles. The molecule has 0 fully saturated rings. The van der Waals surface area contributed by atoms with Gasteiger partial charge in [-0.05, 0) is 50.8 Å². The summed E-state index contributed by atoms with van der Waals surface area (Å²) < 4.78 is 11.6. The van der Waals surface area contributed by atoms with E-state index < -0.39 is 0 Å². The Kier molecular flexibility index (Phi) is 6.62. The SMILES string of the molecule is COc1cc(OC)cc(C(=O)N(CCN(C)C)c2nc3c(C)cc(Cl)cc3s2)c1. The molecular weight excluding hydrogens is 410 g/mol. The van der Waals surface area contributed by atoms with Crippen LogP contribution in [-0.2, 0) is 0 Å². The number of anilines is 1. The van der Waals surface area contributed by atoms with Crippen LogP contribution in [0.2, 0.25) is 5.02 Å². The first-order chi connectivity index (χ1) is 13.8. The molecule has 3 aromatic rings. The number of ether oxygens (including phenoxy) is 2. The number of carbonyl (C=O) groups excluding carboxylic acids is 1. The van der Waals surface area contributed by atoms with Crippen molar-refractivity contribution in [3.8, 4) is 11.5 Å². The summed E-state index contributed by atoms with van der Waals surface area (Å²) in [4.78, 5) is 21.9. The fourth-order valence-corrected chi connectivity index (χ4v) is 4.37. The zero-order valence-corrected chi connectivity index (χ0v) is 18.7. The molecule has 0 radical (unpaired) electrons. The van der Waals surface area contributed by atoms with Crippen LogP contribution in [-0.4, -0.2) is 57.2 Å². The minimum Gasteiger partial charge on any atom is -0.497 e. The normalized spacial score (nSPS) is 11.1. The molecule has 154 valence electrons. The number of benzene rings is 2. The Morgan fingerprint density at radius 1 is 1.07 bits per heavy atom. The van der Waals surface area contributed by atoms with Crippen LogP contribution in [0.4, 0.5) is 5.13 Å². The number of aromatic nitrogens is 1. The Morgan fingerprint density at radius 2 is 1.72 bits per heavy atom. The number of likely N-dealkylation sites (N-methyl/N-ethyl adjacent to an activating group) is 1. The topological polar surface area (TPSA) is 54.9 Å². The predicted molar refractivity (Wildman–Crippen MR) is 119 cm³/mol. The molecule has 6 nitrogen and oxygen atoms in total. The van der Waals surface area contributed by atoms with Gasteiger partial charge in [-0.15, -0.1) is 0 Å². The van der Waals surface area contributed by atoms with Crippen LogP contribution in [0.1, 0.15) is 15.9 Å². The van der Waals surface area contributed by atoms with Gasteiger partial charge in [0.1, 0.15) is 11.5 Å². The zero-order valence-electron chi connectivity index (χ0n) is 17.2. The van der Waals surface area contributed by atoms with Crippen molar-refractivity contribution >= 4 is 44.2 Å². The average molecular weight is 434 g/mol. The van der Waals surface area contributed by atoms with E-state index in [1.807, 2.05) is 38.1 Å². The maximum atomic E-state index is 13.5. The van der Waals surface area contributed by atoms with Gasteiger partial charge < -0.3 is 14.4 Å². The van der Waals surface area contributed by atoms with Crippen molar-refractivity contribution in [2.45, 2.75) is 6.92 Å². The lowest BCUT2D eigenvalue weighted by molar-refractivity contribution is 0.0984. The molecule has 29 heavy (non-hydrogen) atoms. The summed E-state index contributed by atoms with van der Waals surface area (Å²) in [5.41, 5.74) is 2.33. The van der Waals surface area contributed by atoms with Crippen molar-refractivity contribution in [3.63, 3.8) is 0 Å². The third kappa shape index (κ3) is 4.80. The van der Waals surface area contributed by atoms with Crippen LogP contribution >= 0.6 is 22.9 Å². The van der Waals surface area contributed by atoms with Crippen molar-refractivity contribution in [2.75, 3.05) is 46.3 Å². The summed E-state index contributed by atoms with van der Waals surface area (Å²) in [6, 6.07) is 8.93. The van der Waals surface area contributed by atoms with Crippen LogP contribution in [0.5, 0.6) is 11.5 Å². The summed E-state index contributed by atoms with van der Waals surface area (Å²) in [7, 11) is 7.07. The van der Waals surface area contributed by atoms with E-state index in [-0.39, 0.29) is 5.91 Å². The monoisotopic (exact) mass is 433 g/mol. The van der Waals surface area contributed by atoms with E-state index in [0.717, 1.165) is 15.8 Å². The first kappa shape index (κ1) is 21.4. The van der Waals surface area contributed by atoms with Gasteiger partial charge >= 0.3 is 0 Å². The van der Waals surface area contributed by atoms with E-state index in [1.54, 1.807) is 37.3 Å². The highest BCUT2D eigenvalue weighted by Gasteiger charge is 2.23. The zero-order chi connectivity index (χ0) is 21.1. The number of hydrogen-bond acceptors (Lipinski definition) is 6. The molecule has 1 amide bonds. The highest BCUT2D eigenvalue weighted by Crippen LogP contribution is 2.34. The minimum absolute atomic E-state index is 0.160. The first-order valence-corrected chi connectivity index (χ1v) is 10.3. The largest absolute Gasteiger partial charge is 0.497 e. The molecule has 0 unspecified atom stereocenters. The fourth-order valence-electron chi connectivity index (χ4n) is 2.93. The van der Waals surface area contributed by atoms with Crippen LogP contribution in [0.3, 0.4) is 0 Å². The van der Waals surface area contributed by atoms with Gasteiger partial charge in [0.15, 0.2) is 5.13 Å². The number of thiazole rings is 1. The molecule has 0 saturated carbocycles. The standard InChI is InChI=1S/C21H24ClN3O3S/c1-13-8-15(22)11-18-19(13)23-21(29-18)25(7-6-24(2)3)20(26)14-9-16(27-4)12-17(10-14)28-5/h8-12H,6-7H2,1-5H3. The van der Waals surface area contributed by atoms with Gasteiger partial charge in [-0.1, -0.05) is 22.9 Å². The Bertz CT molecular complexity index is 1010. The van der Waals surface area contributed by atoms with Crippen molar-refractivity contribution in [3.05, 3.63) is 46.5 Å². The number of hydrogen-bond donors (Lipinski definition) is 0. The highest BCUT2D eigenvalue weighted by atomic mass is 35.5. The molecule has 0 spiro atoms. The van der Waals surface area contributed by atoms with Crippen LogP contribution < -0.4 is 14.4 Å². The minimum atomic E-state index is -0.160. The summed E-state index contributed by atoms with van der Waals surface area (Å²) in [5.74, 6) is 0.964. The van der Waals surface area contributed by atoms with E-state index in [2.05, 4.69) is 0 Å². The molecule has 0 saturated heterocycles.